The standard InChI is InChI=1S/C12H17N3O4/c16-5-4-15-10-3-1-2-9(8(10)7-13-15)14-11(17)6-12(18)19/h7,9,16H,1-6H2,(H,14,17)(H,18,19). The molecule has 1 aliphatic rings. The highest BCUT2D eigenvalue weighted by Crippen LogP contribution is 2.29. The van der Waals surface area contributed by atoms with Crippen LogP contribution in [0.5, 0.6) is 0 Å². The molecule has 1 amide bonds. The number of rotatable bonds is 5. The lowest BCUT2D eigenvalue weighted by Gasteiger charge is -2.24. The first-order valence-corrected chi connectivity index (χ1v) is 6.28. The van der Waals surface area contributed by atoms with Crippen LogP contribution in [0.25, 0.3) is 0 Å². The Bertz CT molecular complexity index is 483. The third-order valence-corrected chi connectivity index (χ3v) is 3.22. The van der Waals surface area contributed by atoms with Crippen molar-refractivity contribution < 1.29 is 19.8 Å². The molecule has 1 heterocycles. The van der Waals surface area contributed by atoms with Crippen molar-refractivity contribution in [2.75, 3.05) is 6.61 Å². The fourth-order valence-corrected chi connectivity index (χ4v) is 2.44. The van der Waals surface area contributed by atoms with Crippen molar-refractivity contribution >= 4 is 11.9 Å². The van der Waals surface area contributed by atoms with Gasteiger partial charge in [-0.25, -0.2) is 0 Å². The Kier molecular flexibility index (Phi) is 4.16. The molecule has 0 spiro atoms. The van der Waals surface area contributed by atoms with Crippen molar-refractivity contribution in [2.24, 2.45) is 0 Å². The number of carboxylic acids is 1. The van der Waals surface area contributed by atoms with E-state index in [4.69, 9.17) is 10.2 Å². The summed E-state index contributed by atoms with van der Waals surface area (Å²) in [6, 6.07) is -0.178. The van der Waals surface area contributed by atoms with Crippen LogP contribution in [0.2, 0.25) is 0 Å². The Hall–Kier alpha value is -1.89. The number of carboxylic acid groups (broad SMARTS) is 1. The molecule has 0 aliphatic heterocycles. The van der Waals surface area contributed by atoms with Gasteiger partial charge in [0.2, 0.25) is 5.91 Å². The third-order valence-electron chi connectivity index (χ3n) is 3.22. The van der Waals surface area contributed by atoms with E-state index in [1.165, 1.54) is 0 Å². The number of hydrogen-bond acceptors (Lipinski definition) is 4. The normalized spacial score (nSPS) is 17.8. The van der Waals surface area contributed by atoms with E-state index in [1.807, 2.05) is 0 Å². The zero-order chi connectivity index (χ0) is 13.8. The van der Waals surface area contributed by atoms with Crippen LogP contribution in [-0.2, 0) is 22.6 Å². The van der Waals surface area contributed by atoms with E-state index in [0.29, 0.717) is 6.54 Å². The number of carbonyl (C=O) groups excluding carboxylic acids is 1. The highest BCUT2D eigenvalue weighted by molar-refractivity contribution is 5.93. The first-order valence-electron chi connectivity index (χ1n) is 6.28. The molecule has 104 valence electrons. The Balaban J connectivity index is 2.09. The second kappa shape index (κ2) is 5.83. The monoisotopic (exact) mass is 267 g/mol. The summed E-state index contributed by atoms with van der Waals surface area (Å²) in [5, 5.41) is 24.5. The maximum Gasteiger partial charge on any atom is 0.312 e. The summed E-state index contributed by atoms with van der Waals surface area (Å²) < 4.78 is 1.74. The molecule has 19 heavy (non-hydrogen) atoms. The largest absolute Gasteiger partial charge is 0.481 e. The van der Waals surface area contributed by atoms with E-state index in [2.05, 4.69) is 10.4 Å². The molecule has 0 saturated carbocycles. The quantitative estimate of drug-likeness (QED) is 0.643. The summed E-state index contributed by atoms with van der Waals surface area (Å²) in [4.78, 5) is 22.0. The Morgan fingerprint density at radius 1 is 1.53 bits per heavy atom. The van der Waals surface area contributed by atoms with Gasteiger partial charge in [0.25, 0.3) is 0 Å². The molecule has 3 N–H and O–H groups in total. The molecule has 1 unspecified atom stereocenters. The lowest BCUT2D eigenvalue weighted by Crippen LogP contribution is -2.32. The highest BCUT2D eigenvalue weighted by Gasteiger charge is 2.25. The van der Waals surface area contributed by atoms with E-state index in [1.54, 1.807) is 10.9 Å². The van der Waals surface area contributed by atoms with Gasteiger partial charge in [0.1, 0.15) is 6.42 Å². The molecule has 0 bridgehead atoms. The predicted octanol–water partition coefficient (Wildman–Crippen LogP) is -0.156. The summed E-state index contributed by atoms with van der Waals surface area (Å²) in [6.07, 6.45) is 3.72. The van der Waals surface area contributed by atoms with Crippen LogP contribution < -0.4 is 5.32 Å². The number of carbonyl (C=O) groups is 2. The van der Waals surface area contributed by atoms with Gasteiger partial charge in [0.05, 0.1) is 25.4 Å². The van der Waals surface area contributed by atoms with Gasteiger partial charge < -0.3 is 15.5 Å². The van der Waals surface area contributed by atoms with Gasteiger partial charge in [-0.3, -0.25) is 14.3 Å². The lowest BCUT2D eigenvalue weighted by atomic mass is 9.93. The van der Waals surface area contributed by atoms with Crippen molar-refractivity contribution in [3.05, 3.63) is 17.5 Å². The number of aliphatic carboxylic acids is 1. The molecule has 1 aliphatic carbocycles. The lowest BCUT2D eigenvalue weighted by molar-refractivity contribution is -0.140. The van der Waals surface area contributed by atoms with Gasteiger partial charge in [-0.05, 0) is 19.3 Å². The molecule has 2 rings (SSSR count). The fourth-order valence-electron chi connectivity index (χ4n) is 2.44. The predicted molar refractivity (Wildman–Crippen MR) is 65.4 cm³/mol. The average molecular weight is 267 g/mol. The van der Waals surface area contributed by atoms with Crippen molar-refractivity contribution in [1.29, 1.82) is 0 Å². The van der Waals surface area contributed by atoms with E-state index < -0.39 is 18.3 Å². The highest BCUT2D eigenvalue weighted by atomic mass is 16.4. The van der Waals surface area contributed by atoms with Gasteiger partial charge in [0.15, 0.2) is 0 Å². The second-order valence-corrected chi connectivity index (χ2v) is 4.58. The van der Waals surface area contributed by atoms with E-state index in [0.717, 1.165) is 30.5 Å². The summed E-state index contributed by atoms with van der Waals surface area (Å²) in [7, 11) is 0. The first kappa shape index (κ1) is 13.5. The van der Waals surface area contributed by atoms with Crippen molar-refractivity contribution in [2.45, 2.75) is 38.3 Å². The minimum Gasteiger partial charge on any atom is -0.481 e. The Morgan fingerprint density at radius 2 is 2.32 bits per heavy atom. The number of aromatic nitrogens is 2. The summed E-state index contributed by atoms with van der Waals surface area (Å²) in [5.74, 6) is -1.62. The molecular formula is C12H17N3O4. The van der Waals surface area contributed by atoms with E-state index >= 15 is 0 Å². The molecule has 0 saturated heterocycles. The Morgan fingerprint density at radius 3 is 3.00 bits per heavy atom. The SMILES string of the molecule is O=C(O)CC(=O)NC1CCCc2c1cnn2CCO. The van der Waals surface area contributed by atoms with Crippen molar-refractivity contribution in [1.82, 2.24) is 15.1 Å². The number of hydrogen-bond donors (Lipinski definition) is 3. The van der Waals surface area contributed by atoms with Crippen LogP contribution in [0.1, 0.15) is 36.6 Å². The van der Waals surface area contributed by atoms with Crippen molar-refractivity contribution in [3.8, 4) is 0 Å². The van der Waals surface area contributed by atoms with E-state index in [-0.39, 0.29) is 12.6 Å². The zero-order valence-electron chi connectivity index (χ0n) is 10.5. The Labute approximate surface area is 110 Å². The van der Waals surface area contributed by atoms with Crippen LogP contribution in [0, 0.1) is 0 Å². The van der Waals surface area contributed by atoms with E-state index in [9.17, 15) is 9.59 Å². The molecule has 1 atom stereocenters. The summed E-state index contributed by atoms with van der Waals surface area (Å²) in [5.41, 5.74) is 1.94. The third kappa shape index (κ3) is 3.11. The minimum absolute atomic E-state index is 0.0180. The van der Waals surface area contributed by atoms with Crippen LogP contribution in [-0.4, -0.2) is 38.5 Å². The summed E-state index contributed by atoms with van der Waals surface area (Å²) in [6.45, 7) is 0.454. The number of nitrogens with zero attached hydrogens (tertiary/aromatic N) is 2. The fraction of sp³-hybridized carbons (Fsp3) is 0.583. The topological polar surface area (TPSA) is 104 Å². The molecular weight excluding hydrogens is 250 g/mol. The van der Waals surface area contributed by atoms with Gasteiger partial charge >= 0.3 is 5.97 Å². The van der Waals surface area contributed by atoms with Crippen LogP contribution in [0.4, 0.5) is 0 Å². The smallest absolute Gasteiger partial charge is 0.312 e. The van der Waals surface area contributed by atoms with Crippen LogP contribution >= 0.6 is 0 Å². The van der Waals surface area contributed by atoms with Crippen LogP contribution in [0.15, 0.2) is 6.20 Å². The molecule has 0 radical (unpaired) electrons. The number of amides is 1. The van der Waals surface area contributed by atoms with Gasteiger partial charge in [-0.1, -0.05) is 0 Å². The first-order chi connectivity index (χ1) is 9.11. The second-order valence-electron chi connectivity index (χ2n) is 4.58. The molecule has 7 nitrogen and oxygen atoms in total. The minimum atomic E-state index is -1.13. The molecule has 1 aromatic rings. The van der Waals surface area contributed by atoms with Gasteiger partial charge in [-0.15, -0.1) is 0 Å². The maximum atomic E-state index is 11.5. The van der Waals surface area contributed by atoms with Gasteiger partial charge in [0, 0.05) is 11.3 Å². The average Bonchev–Trinajstić information content (AvgIpc) is 2.73. The number of aliphatic hydroxyl groups excluding tert-OH is 1. The molecule has 0 fully saturated rings. The maximum absolute atomic E-state index is 11.5. The molecule has 0 aromatic carbocycles. The molecule has 7 heteroatoms. The van der Waals surface area contributed by atoms with Crippen LogP contribution in [0.3, 0.4) is 0 Å². The van der Waals surface area contributed by atoms with Crippen molar-refractivity contribution in [3.63, 3.8) is 0 Å². The number of aliphatic hydroxyl groups is 1. The number of fused-ring (bicyclic) bond motifs is 1. The van der Waals surface area contributed by atoms with Gasteiger partial charge in [-0.2, -0.15) is 5.10 Å². The molecule has 1 aromatic heterocycles. The summed E-state index contributed by atoms with van der Waals surface area (Å²) >= 11 is 0. The number of nitrogens with one attached hydrogen (secondary N) is 1. The zero-order valence-corrected chi connectivity index (χ0v) is 10.5.